The number of rotatable bonds is 5. The van der Waals surface area contributed by atoms with Crippen molar-refractivity contribution in [3.05, 3.63) is 29.8 Å². The third-order valence-corrected chi connectivity index (χ3v) is 8.59. The van der Waals surface area contributed by atoms with Gasteiger partial charge in [0.1, 0.15) is 0 Å². The van der Waals surface area contributed by atoms with E-state index in [1.54, 1.807) is 12.1 Å². The van der Waals surface area contributed by atoms with Crippen LogP contribution in [0.2, 0.25) is 0 Å². The van der Waals surface area contributed by atoms with Gasteiger partial charge in [-0.1, -0.05) is 18.9 Å². The van der Waals surface area contributed by atoms with Gasteiger partial charge in [-0.2, -0.15) is 4.31 Å². The fourth-order valence-electron chi connectivity index (χ4n) is 5.17. The minimum absolute atomic E-state index is 0.111. The van der Waals surface area contributed by atoms with Gasteiger partial charge in [-0.25, -0.2) is 8.42 Å². The monoisotopic (exact) mass is 419 g/mol. The molecule has 4 rings (SSSR count). The molecule has 1 aromatic rings. The molecule has 3 aliphatic rings. The van der Waals surface area contributed by atoms with E-state index in [0.717, 1.165) is 31.6 Å². The summed E-state index contributed by atoms with van der Waals surface area (Å²) in [5, 5.41) is 0. The van der Waals surface area contributed by atoms with Crippen molar-refractivity contribution in [1.29, 1.82) is 0 Å². The number of amides is 2. The highest BCUT2D eigenvalue weighted by atomic mass is 32.2. The van der Waals surface area contributed by atoms with Gasteiger partial charge in [0.25, 0.3) is 5.91 Å². The minimum atomic E-state index is -3.60. The molecule has 8 heteroatoms. The van der Waals surface area contributed by atoms with Crippen molar-refractivity contribution in [2.75, 3.05) is 13.1 Å². The maximum Gasteiger partial charge on any atom is 0.269 e. The number of sulfonamides is 1. The van der Waals surface area contributed by atoms with Gasteiger partial charge in [0.2, 0.25) is 15.9 Å². The highest BCUT2D eigenvalue weighted by Gasteiger charge is 2.40. The molecule has 2 N–H and O–H groups in total. The normalized spacial score (nSPS) is 27.0. The third kappa shape index (κ3) is 4.48. The molecule has 2 amide bonds. The van der Waals surface area contributed by atoms with Crippen LogP contribution in [0.3, 0.4) is 0 Å². The number of fused-ring (bicyclic) bond motifs is 2. The predicted molar refractivity (Wildman–Crippen MR) is 108 cm³/mol. The number of nitrogens with one attached hydrogen (secondary N) is 2. The molecule has 2 aliphatic carbocycles. The molecule has 1 heterocycles. The Hall–Kier alpha value is -1.93. The van der Waals surface area contributed by atoms with Crippen molar-refractivity contribution in [3.63, 3.8) is 0 Å². The van der Waals surface area contributed by atoms with Gasteiger partial charge in [0.05, 0.1) is 4.90 Å². The zero-order chi connectivity index (χ0) is 20.4. The summed E-state index contributed by atoms with van der Waals surface area (Å²) in [6, 6.07) is 5.99. The molecule has 1 aliphatic heterocycles. The third-order valence-electron chi connectivity index (χ3n) is 6.70. The SMILES string of the molecule is O=C(C[C@H]1C[C@@H]2CC[C@@H]1C2)NNC(=O)c1cccc(S(=O)(=O)N2CCCCC2)c1. The van der Waals surface area contributed by atoms with E-state index in [4.69, 9.17) is 0 Å². The van der Waals surface area contributed by atoms with Gasteiger partial charge < -0.3 is 0 Å². The first-order valence-corrected chi connectivity index (χ1v) is 12.1. The topological polar surface area (TPSA) is 95.6 Å². The molecule has 3 fully saturated rings. The summed E-state index contributed by atoms with van der Waals surface area (Å²) in [6.45, 7) is 1.02. The van der Waals surface area contributed by atoms with Crippen molar-refractivity contribution < 1.29 is 18.0 Å². The first kappa shape index (κ1) is 20.3. The van der Waals surface area contributed by atoms with Gasteiger partial charge in [-0.05, 0) is 68.1 Å². The molecule has 1 aromatic carbocycles. The van der Waals surface area contributed by atoms with Crippen LogP contribution in [-0.2, 0) is 14.8 Å². The lowest BCUT2D eigenvalue weighted by Crippen LogP contribution is -2.42. The number of carbonyl (C=O) groups excluding carboxylic acids is 2. The fraction of sp³-hybridized carbons (Fsp3) is 0.619. The van der Waals surface area contributed by atoms with Crippen LogP contribution in [0.1, 0.15) is 61.7 Å². The van der Waals surface area contributed by atoms with Crippen molar-refractivity contribution in [1.82, 2.24) is 15.2 Å². The molecule has 2 bridgehead atoms. The van der Waals surface area contributed by atoms with E-state index in [9.17, 15) is 18.0 Å². The lowest BCUT2D eigenvalue weighted by Gasteiger charge is -2.26. The lowest BCUT2D eigenvalue weighted by atomic mass is 9.86. The first-order chi connectivity index (χ1) is 13.9. The van der Waals surface area contributed by atoms with Crippen LogP contribution >= 0.6 is 0 Å². The van der Waals surface area contributed by atoms with Crippen LogP contribution in [0.25, 0.3) is 0 Å². The number of hydrogen-bond donors (Lipinski definition) is 2. The number of hydrogen-bond acceptors (Lipinski definition) is 4. The molecule has 3 atom stereocenters. The van der Waals surface area contributed by atoms with Crippen LogP contribution in [0.5, 0.6) is 0 Å². The Balaban J connectivity index is 1.34. The molecule has 29 heavy (non-hydrogen) atoms. The minimum Gasteiger partial charge on any atom is -0.273 e. The van der Waals surface area contributed by atoms with E-state index in [1.165, 1.54) is 35.7 Å². The fourth-order valence-corrected chi connectivity index (χ4v) is 6.73. The lowest BCUT2D eigenvalue weighted by molar-refractivity contribution is -0.123. The second-order valence-corrected chi connectivity index (χ2v) is 10.6. The number of benzene rings is 1. The zero-order valence-corrected chi connectivity index (χ0v) is 17.4. The smallest absolute Gasteiger partial charge is 0.269 e. The van der Waals surface area contributed by atoms with Crippen LogP contribution in [0.15, 0.2) is 29.2 Å². The predicted octanol–water partition coefficient (Wildman–Crippen LogP) is 2.45. The number of hydrazine groups is 1. The van der Waals surface area contributed by atoms with Gasteiger partial charge in [-0.3, -0.25) is 20.4 Å². The van der Waals surface area contributed by atoms with Crippen molar-refractivity contribution in [2.45, 2.75) is 56.3 Å². The molecule has 7 nitrogen and oxygen atoms in total. The van der Waals surface area contributed by atoms with E-state index >= 15 is 0 Å². The standard InChI is InChI=1S/C21H29N3O4S/c25-20(14-18-12-15-7-8-16(18)11-15)22-23-21(26)17-5-4-6-19(13-17)29(27,28)24-9-2-1-3-10-24/h4-6,13,15-16,18H,1-3,7-12,14H2,(H,22,25)(H,23,26)/t15-,16-,18-/m1/s1. The Morgan fingerprint density at radius 1 is 1.03 bits per heavy atom. The largest absolute Gasteiger partial charge is 0.273 e. The van der Waals surface area contributed by atoms with E-state index in [0.29, 0.717) is 31.3 Å². The summed E-state index contributed by atoms with van der Waals surface area (Å²) in [4.78, 5) is 24.8. The molecule has 0 radical (unpaired) electrons. The Kier molecular flexibility index (Phi) is 5.92. The second-order valence-electron chi connectivity index (χ2n) is 8.63. The molecular weight excluding hydrogens is 390 g/mol. The van der Waals surface area contributed by atoms with Gasteiger partial charge in [-0.15, -0.1) is 0 Å². The first-order valence-electron chi connectivity index (χ1n) is 10.6. The summed E-state index contributed by atoms with van der Waals surface area (Å²) in [5.41, 5.74) is 5.13. The Bertz CT molecular complexity index is 880. The van der Waals surface area contributed by atoms with Crippen LogP contribution in [-0.4, -0.2) is 37.6 Å². The molecule has 1 saturated heterocycles. The number of carbonyl (C=O) groups is 2. The van der Waals surface area contributed by atoms with Crippen molar-refractivity contribution in [2.24, 2.45) is 17.8 Å². The summed E-state index contributed by atoms with van der Waals surface area (Å²) in [7, 11) is -3.60. The summed E-state index contributed by atoms with van der Waals surface area (Å²) in [5.74, 6) is 1.15. The molecule has 2 saturated carbocycles. The quantitative estimate of drug-likeness (QED) is 0.717. The van der Waals surface area contributed by atoms with E-state index < -0.39 is 15.9 Å². The maximum absolute atomic E-state index is 12.8. The zero-order valence-electron chi connectivity index (χ0n) is 16.6. The molecular formula is C21H29N3O4S. The van der Waals surface area contributed by atoms with Crippen LogP contribution < -0.4 is 10.9 Å². The maximum atomic E-state index is 12.8. The molecule has 0 aromatic heterocycles. The van der Waals surface area contributed by atoms with E-state index in [2.05, 4.69) is 10.9 Å². The highest BCUT2D eigenvalue weighted by Crippen LogP contribution is 2.49. The van der Waals surface area contributed by atoms with E-state index in [-0.39, 0.29) is 16.4 Å². The van der Waals surface area contributed by atoms with Gasteiger partial charge in [0, 0.05) is 25.1 Å². The highest BCUT2D eigenvalue weighted by molar-refractivity contribution is 7.89. The summed E-state index contributed by atoms with van der Waals surface area (Å²) >= 11 is 0. The summed E-state index contributed by atoms with van der Waals surface area (Å²) in [6.07, 6.45) is 8.04. The molecule has 158 valence electrons. The van der Waals surface area contributed by atoms with Crippen molar-refractivity contribution >= 4 is 21.8 Å². The summed E-state index contributed by atoms with van der Waals surface area (Å²) < 4.78 is 27.1. The second kappa shape index (κ2) is 8.44. The molecule has 0 spiro atoms. The van der Waals surface area contributed by atoms with Crippen LogP contribution in [0.4, 0.5) is 0 Å². The van der Waals surface area contributed by atoms with Gasteiger partial charge in [0.15, 0.2) is 0 Å². The average Bonchev–Trinajstić information content (AvgIpc) is 3.36. The molecule has 0 unspecified atom stereocenters. The van der Waals surface area contributed by atoms with E-state index in [1.807, 2.05) is 0 Å². The Labute approximate surface area is 172 Å². The number of nitrogens with zero attached hydrogens (tertiary/aromatic N) is 1. The number of piperidine rings is 1. The average molecular weight is 420 g/mol. The Morgan fingerprint density at radius 2 is 1.83 bits per heavy atom. The van der Waals surface area contributed by atoms with Crippen LogP contribution in [0, 0.1) is 17.8 Å². The van der Waals surface area contributed by atoms with Crippen molar-refractivity contribution in [3.8, 4) is 0 Å². The van der Waals surface area contributed by atoms with Gasteiger partial charge >= 0.3 is 0 Å². The Morgan fingerprint density at radius 3 is 2.52 bits per heavy atom.